The second-order valence-electron chi connectivity index (χ2n) is 4.89. The van der Waals surface area contributed by atoms with Crippen molar-refractivity contribution in [1.82, 2.24) is 9.97 Å². The van der Waals surface area contributed by atoms with E-state index in [9.17, 15) is 0 Å². The molecule has 0 aromatic carbocycles. The van der Waals surface area contributed by atoms with Gasteiger partial charge in [0.05, 0.1) is 6.04 Å². The van der Waals surface area contributed by atoms with Crippen LogP contribution in [0.25, 0.3) is 0 Å². The molecule has 0 spiro atoms. The molecule has 2 N–H and O–H groups in total. The van der Waals surface area contributed by atoms with Gasteiger partial charge in [0.15, 0.2) is 0 Å². The number of furan rings is 1. The molecule has 0 fully saturated rings. The Morgan fingerprint density at radius 2 is 1.95 bits per heavy atom. The first kappa shape index (κ1) is 14.4. The van der Waals surface area contributed by atoms with Crippen molar-refractivity contribution in [2.45, 2.75) is 40.2 Å². The maximum absolute atomic E-state index is 5.59. The van der Waals surface area contributed by atoms with E-state index in [1.165, 1.54) is 0 Å². The third kappa shape index (κ3) is 2.76. The quantitative estimate of drug-likeness (QED) is 0.874. The summed E-state index contributed by atoms with van der Waals surface area (Å²) in [4.78, 5) is 8.62. The van der Waals surface area contributed by atoms with Crippen LogP contribution >= 0.6 is 0 Å². The summed E-state index contributed by atoms with van der Waals surface area (Å²) in [5, 5.41) is 6.56. The Labute approximate surface area is 119 Å². The highest BCUT2D eigenvalue weighted by molar-refractivity contribution is 5.57. The monoisotopic (exact) mass is 274 g/mol. The number of aryl methyl sites for hydroxylation is 2. The molecule has 0 saturated heterocycles. The lowest BCUT2D eigenvalue weighted by atomic mass is 10.1. The Bertz CT molecular complexity index is 592. The zero-order valence-corrected chi connectivity index (χ0v) is 12.7. The van der Waals surface area contributed by atoms with Crippen molar-refractivity contribution in [2.75, 3.05) is 17.7 Å². The smallest absolute Gasteiger partial charge is 0.135 e. The SMILES string of the molecule is CCc1c(NC)ncnc1NC(C)c1cc(C)oc1C. The minimum Gasteiger partial charge on any atom is -0.466 e. The van der Waals surface area contributed by atoms with E-state index in [4.69, 9.17) is 4.42 Å². The van der Waals surface area contributed by atoms with Crippen LogP contribution in [0.3, 0.4) is 0 Å². The number of nitrogens with one attached hydrogen (secondary N) is 2. The first-order valence-corrected chi connectivity index (χ1v) is 6.91. The van der Waals surface area contributed by atoms with E-state index in [-0.39, 0.29) is 6.04 Å². The van der Waals surface area contributed by atoms with Crippen LogP contribution in [0.2, 0.25) is 0 Å². The van der Waals surface area contributed by atoms with Crippen LogP contribution in [0.4, 0.5) is 11.6 Å². The van der Waals surface area contributed by atoms with Gasteiger partial charge >= 0.3 is 0 Å². The Kier molecular flexibility index (Phi) is 4.27. The molecule has 2 aromatic rings. The van der Waals surface area contributed by atoms with Crippen molar-refractivity contribution in [2.24, 2.45) is 0 Å². The highest BCUT2D eigenvalue weighted by Gasteiger charge is 2.16. The Hall–Kier alpha value is -2.04. The first-order chi connectivity index (χ1) is 9.56. The van der Waals surface area contributed by atoms with E-state index in [1.807, 2.05) is 20.9 Å². The molecule has 2 rings (SSSR count). The summed E-state index contributed by atoms with van der Waals surface area (Å²) in [5.74, 6) is 3.62. The zero-order chi connectivity index (χ0) is 14.7. The van der Waals surface area contributed by atoms with E-state index in [0.717, 1.165) is 40.7 Å². The maximum Gasteiger partial charge on any atom is 0.135 e. The first-order valence-electron chi connectivity index (χ1n) is 6.91. The lowest BCUT2D eigenvalue weighted by molar-refractivity contribution is 0.499. The van der Waals surface area contributed by atoms with Gasteiger partial charge in [-0.1, -0.05) is 6.92 Å². The van der Waals surface area contributed by atoms with Crippen LogP contribution in [0.1, 0.15) is 42.5 Å². The predicted octanol–water partition coefficient (Wildman–Crippen LogP) is 3.46. The Balaban J connectivity index is 2.28. The summed E-state index contributed by atoms with van der Waals surface area (Å²) in [6.07, 6.45) is 2.45. The van der Waals surface area contributed by atoms with Gasteiger partial charge in [0.25, 0.3) is 0 Å². The molecule has 0 saturated carbocycles. The Morgan fingerprint density at radius 1 is 1.25 bits per heavy atom. The highest BCUT2D eigenvalue weighted by atomic mass is 16.3. The molecule has 108 valence electrons. The molecule has 20 heavy (non-hydrogen) atoms. The maximum atomic E-state index is 5.59. The van der Waals surface area contributed by atoms with Crippen molar-refractivity contribution >= 4 is 11.6 Å². The summed E-state index contributed by atoms with van der Waals surface area (Å²) < 4.78 is 5.59. The summed E-state index contributed by atoms with van der Waals surface area (Å²) in [6.45, 7) is 8.16. The number of hydrogen-bond acceptors (Lipinski definition) is 5. The Morgan fingerprint density at radius 3 is 2.50 bits per heavy atom. The van der Waals surface area contributed by atoms with Crippen LogP contribution in [-0.4, -0.2) is 17.0 Å². The summed E-state index contributed by atoms with van der Waals surface area (Å²) >= 11 is 0. The molecule has 1 atom stereocenters. The fourth-order valence-corrected chi connectivity index (χ4v) is 2.45. The number of hydrogen-bond donors (Lipinski definition) is 2. The fraction of sp³-hybridized carbons (Fsp3) is 0.467. The van der Waals surface area contributed by atoms with E-state index in [0.29, 0.717) is 0 Å². The van der Waals surface area contributed by atoms with Gasteiger partial charge in [-0.3, -0.25) is 0 Å². The van der Waals surface area contributed by atoms with Gasteiger partial charge < -0.3 is 15.1 Å². The van der Waals surface area contributed by atoms with Crippen molar-refractivity contribution in [3.8, 4) is 0 Å². The van der Waals surface area contributed by atoms with Gasteiger partial charge in [0.1, 0.15) is 29.5 Å². The molecular weight excluding hydrogens is 252 g/mol. The largest absolute Gasteiger partial charge is 0.466 e. The van der Waals surface area contributed by atoms with Gasteiger partial charge in [-0.15, -0.1) is 0 Å². The van der Waals surface area contributed by atoms with E-state index < -0.39 is 0 Å². The lowest BCUT2D eigenvalue weighted by Crippen LogP contribution is -2.12. The minimum atomic E-state index is 0.136. The van der Waals surface area contributed by atoms with Gasteiger partial charge in [-0.2, -0.15) is 0 Å². The molecule has 2 heterocycles. The molecule has 0 aliphatic carbocycles. The number of rotatable bonds is 5. The van der Waals surface area contributed by atoms with Gasteiger partial charge in [0, 0.05) is 18.2 Å². The summed E-state index contributed by atoms with van der Waals surface area (Å²) in [5.41, 5.74) is 2.26. The van der Waals surface area contributed by atoms with Crippen LogP contribution in [0.5, 0.6) is 0 Å². The zero-order valence-electron chi connectivity index (χ0n) is 12.7. The van der Waals surface area contributed by atoms with Gasteiger partial charge in [-0.05, 0) is 33.3 Å². The van der Waals surface area contributed by atoms with Crippen LogP contribution in [0.15, 0.2) is 16.8 Å². The van der Waals surface area contributed by atoms with Crippen molar-refractivity contribution in [1.29, 1.82) is 0 Å². The number of anilines is 2. The number of nitrogens with zero attached hydrogens (tertiary/aromatic N) is 2. The minimum absolute atomic E-state index is 0.136. The van der Waals surface area contributed by atoms with E-state index in [1.54, 1.807) is 6.33 Å². The molecule has 0 amide bonds. The molecule has 0 radical (unpaired) electrons. The van der Waals surface area contributed by atoms with Crippen LogP contribution in [-0.2, 0) is 6.42 Å². The molecule has 1 unspecified atom stereocenters. The van der Waals surface area contributed by atoms with Crippen molar-refractivity contribution in [3.05, 3.63) is 35.0 Å². The van der Waals surface area contributed by atoms with Crippen molar-refractivity contribution < 1.29 is 4.42 Å². The summed E-state index contributed by atoms with van der Waals surface area (Å²) in [6, 6.07) is 2.20. The number of aromatic nitrogens is 2. The van der Waals surface area contributed by atoms with Crippen molar-refractivity contribution in [3.63, 3.8) is 0 Å². The predicted molar refractivity (Wildman–Crippen MR) is 81.2 cm³/mol. The third-order valence-electron chi connectivity index (χ3n) is 3.43. The standard InChI is InChI=1S/C15H22N4O/c1-6-12-14(16-5)17-8-18-15(12)19-10(3)13-7-9(2)20-11(13)4/h7-8,10H,6H2,1-5H3,(H2,16,17,18,19). The normalized spacial score (nSPS) is 12.2. The van der Waals surface area contributed by atoms with Crippen LogP contribution in [0, 0.1) is 13.8 Å². The molecule has 5 nitrogen and oxygen atoms in total. The molecule has 2 aromatic heterocycles. The topological polar surface area (TPSA) is 63.0 Å². The fourth-order valence-electron chi connectivity index (χ4n) is 2.45. The molecule has 0 aliphatic rings. The molecule has 5 heteroatoms. The average Bonchev–Trinajstić information content (AvgIpc) is 2.77. The van der Waals surface area contributed by atoms with E-state index in [2.05, 4.69) is 40.5 Å². The van der Waals surface area contributed by atoms with E-state index >= 15 is 0 Å². The van der Waals surface area contributed by atoms with Gasteiger partial charge in [0.2, 0.25) is 0 Å². The lowest BCUT2D eigenvalue weighted by Gasteiger charge is -2.17. The second kappa shape index (κ2) is 5.94. The third-order valence-corrected chi connectivity index (χ3v) is 3.43. The van der Waals surface area contributed by atoms with Gasteiger partial charge in [-0.25, -0.2) is 9.97 Å². The second-order valence-corrected chi connectivity index (χ2v) is 4.89. The summed E-state index contributed by atoms with van der Waals surface area (Å²) in [7, 11) is 1.87. The highest BCUT2D eigenvalue weighted by Crippen LogP contribution is 2.27. The average molecular weight is 274 g/mol. The van der Waals surface area contributed by atoms with Crippen LogP contribution < -0.4 is 10.6 Å². The molecule has 0 aliphatic heterocycles. The molecule has 0 bridgehead atoms. The molecular formula is C15H22N4O.